The Bertz CT molecular complexity index is 1550. The highest BCUT2D eigenvalue weighted by atomic mass is 16.2. The molecule has 2 N–H and O–H groups in total. The van der Waals surface area contributed by atoms with E-state index in [9.17, 15) is 14.4 Å². The minimum Gasteiger partial charge on any atom is -0.366 e. The summed E-state index contributed by atoms with van der Waals surface area (Å²) in [5, 5.41) is 10.8. The zero-order valence-corrected chi connectivity index (χ0v) is 26.8. The van der Waals surface area contributed by atoms with E-state index in [0.29, 0.717) is 36.9 Å². The van der Waals surface area contributed by atoms with Gasteiger partial charge in [-0.3, -0.25) is 19.2 Å². The van der Waals surface area contributed by atoms with Gasteiger partial charge >= 0.3 is 6.03 Å². The average molecular weight is 613 g/mol. The number of hydrogen-bond donors (Lipinski definition) is 2. The maximum absolute atomic E-state index is 13.5. The lowest BCUT2D eigenvalue weighted by Gasteiger charge is -2.37. The van der Waals surface area contributed by atoms with Gasteiger partial charge in [-0.2, -0.15) is 5.10 Å². The fraction of sp³-hybridized carbons (Fsp3) is 0.471. The van der Waals surface area contributed by atoms with E-state index in [2.05, 4.69) is 27.4 Å². The Morgan fingerprint density at radius 3 is 2.44 bits per heavy atom. The van der Waals surface area contributed by atoms with Crippen molar-refractivity contribution in [3.8, 4) is 0 Å². The molecule has 45 heavy (non-hydrogen) atoms. The molecule has 0 bridgehead atoms. The number of rotatable bonds is 7. The second-order valence-corrected chi connectivity index (χ2v) is 12.6. The average Bonchev–Trinajstić information content (AvgIpc) is 3.68. The number of urea groups is 1. The SMILES string of the molecule is CCn1nc(C(=O)NCc2ccc(NC(=O)N3CCN4CCC[C@@H]4C3)cc2)c2c1[C@@H](C)CN(c1ccc(C(=O)N(C)C)cc1)C2. The van der Waals surface area contributed by atoms with Crippen molar-refractivity contribution in [2.45, 2.75) is 58.3 Å². The van der Waals surface area contributed by atoms with E-state index in [-0.39, 0.29) is 23.8 Å². The fourth-order valence-corrected chi connectivity index (χ4v) is 6.94. The highest BCUT2D eigenvalue weighted by Gasteiger charge is 2.33. The molecule has 0 saturated carbocycles. The van der Waals surface area contributed by atoms with Gasteiger partial charge in [-0.1, -0.05) is 19.1 Å². The van der Waals surface area contributed by atoms with Gasteiger partial charge in [0.15, 0.2) is 5.69 Å². The Labute approximate surface area is 265 Å². The molecule has 2 saturated heterocycles. The number of nitrogens with zero attached hydrogens (tertiary/aromatic N) is 6. The Kier molecular flexibility index (Phi) is 8.80. The van der Waals surface area contributed by atoms with Crippen LogP contribution < -0.4 is 15.5 Å². The summed E-state index contributed by atoms with van der Waals surface area (Å²) < 4.78 is 1.95. The van der Waals surface area contributed by atoms with E-state index in [0.717, 1.165) is 67.3 Å². The lowest BCUT2D eigenvalue weighted by molar-refractivity contribution is 0.0827. The number of amides is 4. The van der Waals surface area contributed by atoms with Gasteiger partial charge in [0.1, 0.15) is 0 Å². The summed E-state index contributed by atoms with van der Waals surface area (Å²) in [6.07, 6.45) is 2.38. The van der Waals surface area contributed by atoms with Gasteiger partial charge in [-0.15, -0.1) is 0 Å². The van der Waals surface area contributed by atoms with E-state index < -0.39 is 0 Å². The molecule has 2 atom stereocenters. The van der Waals surface area contributed by atoms with Crippen molar-refractivity contribution in [3.05, 3.63) is 76.6 Å². The molecule has 238 valence electrons. The summed E-state index contributed by atoms with van der Waals surface area (Å²) in [7, 11) is 3.49. The molecule has 0 unspecified atom stereocenters. The molecular formula is C34H44N8O3. The first-order valence-electron chi connectivity index (χ1n) is 16.0. The monoisotopic (exact) mass is 612 g/mol. The van der Waals surface area contributed by atoms with Crippen LogP contribution in [0.15, 0.2) is 48.5 Å². The zero-order chi connectivity index (χ0) is 31.7. The number of piperazine rings is 1. The Morgan fingerprint density at radius 1 is 0.978 bits per heavy atom. The fourth-order valence-electron chi connectivity index (χ4n) is 6.94. The van der Waals surface area contributed by atoms with E-state index in [1.807, 2.05) is 65.0 Å². The number of carbonyl (C=O) groups excluding carboxylic acids is 3. The van der Waals surface area contributed by atoms with Crippen LogP contribution in [-0.2, 0) is 19.6 Å². The summed E-state index contributed by atoms with van der Waals surface area (Å²) in [6, 6.07) is 15.7. The van der Waals surface area contributed by atoms with Crippen molar-refractivity contribution in [1.29, 1.82) is 0 Å². The molecule has 1 aromatic heterocycles. The van der Waals surface area contributed by atoms with E-state index in [4.69, 9.17) is 5.10 Å². The van der Waals surface area contributed by atoms with Crippen LogP contribution in [0.2, 0.25) is 0 Å². The van der Waals surface area contributed by atoms with Crippen molar-refractivity contribution < 1.29 is 14.4 Å². The number of carbonyl (C=O) groups is 3. The molecule has 3 aliphatic rings. The standard InChI is InChI=1S/C34H44N8O3/c1-5-42-31-23(2)20-41(27-14-10-25(11-15-27)33(44)38(3)4)22-29(31)30(37-42)32(43)35-19-24-8-12-26(13-9-24)36-34(45)40-18-17-39-16-6-7-28(39)21-40/h8-15,23,28H,5-7,16-22H2,1-4H3,(H,35,43)(H,36,45)/t23-,28+/m0/s1. The molecule has 3 aromatic rings. The Balaban J connectivity index is 1.09. The van der Waals surface area contributed by atoms with Crippen LogP contribution in [-0.4, -0.2) is 95.2 Å². The summed E-state index contributed by atoms with van der Waals surface area (Å²) in [5.41, 5.74) is 5.83. The van der Waals surface area contributed by atoms with Crippen molar-refractivity contribution in [3.63, 3.8) is 0 Å². The highest BCUT2D eigenvalue weighted by Crippen LogP contribution is 2.33. The molecular weight excluding hydrogens is 568 g/mol. The van der Waals surface area contributed by atoms with E-state index in [1.54, 1.807) is 19.0 Å². The number of benzene rings is 2. The van der Waals surface area contributed by atoms with Crippen LogP contribution in [0.1, 0.15) is 70.3 Å². The topological polar surface area (TPSA) is 106 Å². The predicted molar refractivity (Wildman–Crippen MR) is 175 cm³/mol. The summed E-state index contributed by atoms with van der Waals surface area (Å²) in [6.45, 7) is 10.2. The third-order valence-corrected chi connectivity index (χ3v) is 9.34. The second kappa shape index (κ2) is 12.9. The van der Waals surface area contributed by atoms with Gasteiger partial charge in [-0.05, 0) is 68.3 Å². The van der Waals surface area contributed by atoms with Gasteiger partial charge < -0.3 is 25.3 Å². The van der Waals surface area contributed by atoms with Crippen LogP contribution in [0.4, 0.5) is 16.2 Å². The van der Waals surface area contributed by atoms with Gasteiger partial charge in [0, 0.05) is 100 Å². The minimum absolute atomic E-state index is 0.0313. The third-order valence-electron chi connectivity index (χ3n) is 9.34. The predicted octanol–water partition coefficient (Wildman–Crippen LogP) is 3.97. The van der Waals surface area contributed by atoms with E-state index >= 15 is 0 Å². The molecule has 11 nitrogen and oxygen atoms in total. The molecule has 6 rings (SSSR count). The number of hydrogen-bond acceptors (Lipinski definition) is 6. The van der Waals surface area contributed by atoms with Gasteiger partial charge in [0.05, 0.1) is 0 Å². The number of fused-ring (bicyclic) bond motifs is 2. The van der Waals surface area contributed by atoms with Crippen LogP contribution in [0.25, 0.3) is 0 Å². The molecule has 0 radical (unpaired) electrons. The Morgan fingerprint density at radius 2 is 1.73 bits per heavy atom. The molecule has 4 heterocycles. The van der Waals surface area contributed by atoms with Crippen molar-refractivity contribution in [2.24, 2.45) is 0 Å². The first-order chi connectivity index (χ1) is 21.7. The normalized spacial score (nSPS) is 19.6. The number of anilines is 2. The largest absolute Gasteiger partial charge is 0.366 e. The molecule has 11 heteroatoms. The summed E-state index contributed by atoms with van der Waals surface area (Å²) in [5.74, 6) is -0.0605. The van der Waals surface area contributed by atoms with Crippen molar-refractivity contribution in [1.82, 2.24) is 29.8 Å². The lowest BCUT2D eigenvalue weighted by Crippen LogP contribution is -2.53. The second-order valence-electron chi connectivity index (χ2n) is 12.6. The van der Waals surface area contributed by atoms with Crippen LogP contribution in [0, 0.1) is 0 Å². The third kappa shape index (κ3) is 6.40. The summed E-state index contributed by atoms with van der Waals surface area (Å²) >= 11 is 0. The van der Waals surface area contributed by atoms with Crippen molar-refractivity contribution in [2.75, 3.05) is 57.0 Å². The number of aromatic nitrogens is 2. The molecule has 3 aliphatic heterocycles. The first-order valence-corrected chi connectivity index (χ1v) is 16.0. The molecule has 2 aromatic carbocycles. The Hall–Kier alpha value is -4.38. The maximum atomic E-state index is 13.5. The quantitative estimate of drug-likeness (QED) is 0.419. The van der Waals surface area contributed by atoms with Gasteiger partial charge in [-0.25, -0.2) is 4.79 Å². The molecule has 2 fully saturated rings. The molecule has 0 aliphatic carbocycles. The van der Waals surface area contributed by atoms with Gasteiger partial charge in [0.25, 0.3) is 11.8 Å². The number of nitrogens with one attached hydrogen (secondary N) is 2. The number of aryl methyl sites for hydroxylation is 1. The van der Waals surface area contributed by atoms with Crippen molar-refractivity contribution >= 4 is 29.2 Å². The van der Waals surface area contributed by atoms with Crippen LogP contribution in [0.5, 0.6) is 0 Å². The minimum atomic E-state index is -0.206. The van der Waals surface area contributed by atoms with Crippen LogP contribution >= 0.6 is 0 Å². The highest BCUT2D eigenvalue weighted by molar-refractivity contribution is 5.95. The first kappa shape index (κ1) is 30.6. The van der Waals surface area contributed by atoms with Gasteiger partial charge in [0.2, 0.25) is 0 Å². The van der Waals surface area contributed by atoms with E-state index in [1.165, 1.54) is 6.42 Å². The maximum Gasteiger partial charge on any atom is 0.321 e. The smallest absolute Gasteiger partial charge is 0.321 e. The summed E-state index contributed by atoms with van der Waals surface area (Å²) in [4.78, 5) is 46.9. The van der Waals surface area contributed by atoms with Crippen LogP contribution in [0.3, 0.4) is 0 Å². The zero-order valence-electron chi connectivity index (χ0n) is 26.8. The molecule has 0 spiro atoms. The lowest BCUT2D eigenvalue weighted by atomic mass is 9.95. The molecule has 4 amide bonds.